The minimum atomic E-state index is -3.74. The summed E-state index contributed by atoms with van der Waals surface area (Å²) in [7, 11) is -3.74. The maximum Gasteiger partial charge on any atom is 0.246 e. The van der Waals surface area contributed by atoms with Gasteiger partial charge in [0.25, 0.3) is 0 Å². The molecule has 1 aromatic rings. The molecule has 2 N–H and O–H groups in total. The summed E-state index contributed by atoms with van der Waals surface area (Å²) in [6.45, 7) is 4.20. The van der Waals surface area contributed by atoms with Gasteiger partial charge in [-0.25, -0.2) is 13.1 Å². The highest BCUT2D eigenvalue weighted by molar-refractivity contribution is 7.89. The van der Waals surface area contributed by atoms with Crippen LogP contribution in [0.1, 0.15) is 33.1 Å². The smallest absolute Gasteiger partial charge is 0.246 e. The number of hydrogen-bond donors (Lipinski definition) is 2. The second kappa shape index (κ2) is 5.46. The number of aromatic amines is 1. The van der Waals surface area contributed by atoms with E-state index in [4.69, 9.17) is 0 Å². The lowest BCUT2D eigenvalue weighted by molar-refractivity contribution is 0.227. The van der Waals surface area contributed by atoms with Gasteiger partial charge in [0, 0.05) is 24.5 Å². The third-order valence-corrected chi connectivity index (χ3v) is 5.60. The monoisotopic (exact) mass is 284 g/mol. The molecule has 3 atom stereocenters. The van der Waals surface area contributed by atoms with Gasteiger partial charge in [-0.15, -0.1) is 0 Å². The summed E-state index contributed by atoms with van der Waals surface area (Å²) >= 11 is 0. The average Bonchev–Trinajstić information content (AvgIpc) is 2.35. The van der Waals surface area contributed by atoms with Crippen molar-refractivity contribution in [1.82, 2.24) is 9.71 Å². The summed E-state index contributed by atoms with van der Waals surface area (Å²) in [5, 5.41) is 0. The molecule has 0 amide bonds. The summed E-state index contributed by atoms with van der Waals surface area (Å²) in [6, 6.07) is 1.13. The zero-order valence-corrected chi connectivity index (χ0v) is 12.0. The van der Waals surface area contributed by atoms with Crippen molar-refractivity contribution in [1.29, 1.82) is 0 Å². The normalized spacial score (nSPS) is 28.2. The fourth-order valence-electron chi connectivity index (χ4n) is 2.62. The first kappa shape index (κ1) is 14.3. The summed E-state index contributed by atoms with van der Waals surface area (Å²) in [5.41, 5.74) is -0.484. The van der Waals surface area contributed by atoms with Gasteiger partial charge in [0.2, 0.25) is 15.5 Å². The van der Waals surface area contributed by atoms with Gasteiger partial charge in [0.15, 0.2) is 0 Å². The van der Waals surface area contributed by atoms with E-state index in [2.05, 4.69) is 23.6 Å². The molecule has 1 aliphatic carbocycles. The van der Waals surface area contributed by atoms with E-state index in [-0.39, 0.29) is 16.9 Å². The van der Waals surface area contributed by atoms with Crippen LogP contribution in [0.3, 0.4) is 0 Å². The first-order chi connectivity index (χ1) is 8.92. The predicted molar refractivity (Wildman–Crippen MR) is 73.4 cm³/mol. The van der Waals surface area contributed by atoms with Crippen LogP contribution in [-0.2, 0) is 10.0 Å². The molecule has 0 aromatic carbocycles. The van der Waals surface area contributed by atoms with Gasteiger partial charge < -0.3 is 4.98 Å². The van der Waals surface area contributed by atoms with Gasteiger partial charge in [-0.05, 0) is 18.3 Å². The second-order valence-corrected chi connectivity index (χ2v) is 7.05. The van der Waals surface area contributed by atoms with Crippen LogP contribution in [0.15, 0.2) is 28.2 Å². The van der Waals surface area contributed by atoms with E-state index in [1.54, 1.807) is 0 Å². The molecule has 0 radical (unpaired) electrons. The summed E-state index contributed by atoms with van der Waals surface area (Å²) < 4.78 is 27.2. The van der Waals surface area contributed by atoms with Crippen LogP contribution >= 0.6 is 0 Å². The van der Waals surface area contributed by atoms with Crippen LogP contribution in [0.5, 0.6) is 0 Å². The Balaban J connectivity index is 2.23. The van der Waals surface area contributed by atoms with E-state index >= 15 is 0 Å². The number of rotatable bonds is 3. The first-order valence-electron chi connectivity index (χ1n) is 6.61. The Morgan fingerprint density at radius 3 is 2.74 bits per heavy atom. The lowest BCUT2D eigenvalue weighted by atomic mass is 9.78. The van der Waals surface area contributed by atoms with E-state index in [1.165, 1.54) is 18.5 Å². The molecule has 0 spiro atoms. The molecule has 1 aromatic heterocycles. The SMILES string of the molecule is CC1CCCC(NS(=O)(=O)c2c[nH]ccc2=O)C1C. The van der Waals surface area contributed by atoms with Crippen molar-refractivity contribution in [2.45, 2.75) is 44.0 Å². The van der Waals surface area contributed by atoms with Gasteiger partial charge in [-0.1, -0.05) is 26.7 Å². The Labute approximate surface area is 113 Å². The zero-order valence-electron chi connectivity index (χ0n) is 11.2. The Hall–Kier alpha value is -1.14. The molecule has 1 heterocycles. The van der Waals surface area contributed by atoms with Gasteiger partial charge in [-0.3, -0.25) is 4.79 Å². The van der Waals surface area contributed by atoms with Crippen molar-refractivity contribution >= 4 is 10.0 Å². The molecule has 3 unspecified atom stereocenters. The Morgan fingerprint density at radius 2 is 2.05 bits per heavy atom. The highest BCUT2D eigenvalue weighted by Crippen LogP contribution is 2.30. The molecule has 19 heavy (non-hydrogen) atoms. The lowest BCUT2D eigenvalue weighted by Gasteiger charge is -2.34. The standard InChI is InChI=1S/C13H20N2O3S/c1-9-4-3-5-11(10(9)2)15-19(17,18)13-8-14-7-6-12(13)16/h6-11,15H,3-5H2,1-2H3,(H,14,16). The molecule has 106 valence electrons. The minimum Gasteiger partial charge on any atom is -0.366 e. The molecular formula is C13H20N2O3S. The summed E-state index contributed by atoms with van der Waals surface area (Å²) in [5.74, 6) is 0.779. The Bertz CT molecular complexity index is 594. The highest BCUT2D eigenvalue weighted by atomic mass is 32.2. The van der Waals surface area contributed by atoms with Crippen molar-refractivity contribution in [3.05, 3.63) is 28.7 Å². The van der Waals surface area contributed by atoms with Gasteiger partial charge in [-0.2, -0.15) is 0 Å². The number of pyridine rings is 1. The maximum absolute atomic E-state index is 12.2. The lowest BCUT2D eigenvalue weighted by Crippen LogP contribution is -2.44. The van der Waals surface area contributed by atoms with Crippen LogP contribution < -0.4 is 10.2 Å². The van der Waals surface area contributed by atoms with E-state index in [0.29, 0.717) is 5.92 Å². The average molecular weight is 284 g/mol. The fourth-order valence-corrected chi connectivity index (χ4v) is 4.04. The third kappa shape index (κ3) is 3.06. The molecule has 0 aliphatic heterocycles. The Kier molecular flexibility index (Phi) is 4.10. The topological polar surface area (TPSA) is 79.0 Å². The van der Waals surface area contributed by atoms with E-state index in [9.17, 15) is 13.2 Å². The molecule has 2 rings (SSSR count). The number of aromatic nitrogens is 1. The summed E-state index contributed by atoms with van der Waals surface area (Å²) in [6.07, 6.45) is 5.64. The molecule has 1 saturated carbocycles. The number of H-pyrrole nitrogens is 1. The van der Waals surface area contributed by atoms with E-state index < -0.39 is 15.5 Å². The number of sulfonamides is 1. The predicted octanol–water partition coefficient (Wildman–Crippen LogP) is 1.48. The minimum absolute atomic E-state index is 0.0895. The molecule has 1 fully saturated rings. The van der Waals surface area contributed by atoms with Crippen LogP contribution in [0, 0.1) is 11.8 Å². The largest absolute Gasteiger partial charge is 0.366 e. The highest BCUT2D eigenvalue weighted by Gasteiger charge is 2.31. The van der Waals surface area contributed by atoms with Crippen LogP contribution in [0.2, 0.25) is 0 Å². The summed E-state index contributed by atoms with van der Waals surface area (Å²) in [4.78, 5) is 14.1. The molecule has 0 saturated heterocycles. The van der Waals surface area contributed by atoms with Gasteiger partial charge in [0.05, 0.1) is 0 Å². The quantitative estimate of drug-likeness (QED) is 0.882. The van der Waals surface area contributed by atoms with Crippen LogP contribution in [-0.4, -0.2) is 19.4 Å². The zero-order chi connectivity index (χ0) is 14.0. The second-order valence-electron chi connectivity index (χ2n) is 5.37. The van der Waals surface area contributed by atoms with Crippen molar-refractivity contribution < 1.29 is 8.42 Å². The number of nitrogens with one attached hydrogen (secondary N) is 2. The van der Waals surface area contributed by atoms with Crippen molar-refractivity contribution in [3.63, 3.8) is 0 Å². The van der Waals surface area contributed by atoms with Crippen molar-refractivity contribution in [2.75, 3.05) is 0 Å². The Morgan fingerprint density at radius 1 is 1.32 bits per heavy atom. The molecular weight excluding hydrogens is 264 g/mol. The van der Waals surface area contributed by atoms with Crippen molar-refractivity contribution in [2.24, 2.45) is 11.8 Å². The van der Waals surface area contributed by atoms with Crippen molar-refractivity contribution in [3.8, 4) is 0 Å². The molecule has 1 aliphatic rings. The van der Waals surface area contributed by atoms with Crippen LogP contribution in [0.4, 0.5) is 0 Å². The fraction of sp³-hybridized carbons (Fsp3) is 0.615. The molecule has 0 bridgehead atoms. The molecule has 5 nitrogen and oxygen atoms in total. The maximum atomic E-state index is 12.2. The third-order valence-electron chi connectivity index (χ3n) is 4.09. The first-order valence-corrected chi connectivity index (χ1v) is 8.09. The molecule has 6 heteroatoms. The van der Waals surface area contributed by atoms with E-state index in [0.717, 1.165) is 19.3 Å². The van der Waals surface area contributed by atoms with Gasteiger partial charge in [0.1, 0.15) is 4.90 Å². The van der Waals surface area contributed by atoms with Gasteiger partial charge >= 0.3 is 0 Å². The van der Waals surface area contributed by atoms with Crippen LogP contribution in [0.25, 0.3) is 0 Å². The van der Waals surface area contributed by atoms with E-state index in [1.807, 2.05) is 0 Å². The number of hydrogen-bond acceptors (Lipinski definition) is 3.